The SMILES string of the molecule is Nc1nc2c(c(=O)n1C(c1ccc(F)cc1)C1CCC1)CCN(C(=O)OC1CCC(C(F)(F)F)CC1)C2. The van der Waals surface area contributed by atoms with Gasteiger partial charge in [0, 0.05) is 12.1 Å². The smallest absolute Gasteiger partial charge is 0.410 e. The molecule has 0 saturated heterocycles. The second-order valence-electron chi connectivity index (χ2n) is 10.3. The molecular formula is C26H30F4N4O3. The van der Waals surface area contributed by atoms with E-state index in [9.17, 15) is 27.2 Å². The molecular weight excluding hydrogens is 492 g/mol. The molecule has 3 aliphatic rings. The Bertz CT molecular complexity index is 1200. The Kier molecular flexibility index (Phi) is 6.89. The minimum absolute atomic E-state index is 0.0330. The lowest BCUT2D eigenvalue weighted by molar-refractivity contribution is -0.186. The highest BCUT2D eigenvalue weighted by Gasteiger charge is 2.42. The number of rotatable bonds is 4. The molecule has 2 fully saturated rings. The number of carbonyl (C=O) groups is 1. The third-order valence-electron chi connectivity index (χ3n) is 8.04. The normalized spacial score (nSPS) is 23.2. The second kappa shape index (κ2) is 9.98. The van der Waals surface area contributed by atoms with Crippen LogP contribution < -0.4 is 11.3 Å². The molecule has 0 radical (unpaired) electrons. The van der Waals surface area contributed by atoms with Crippen LogP contribution in [0.4, 0.5) is 28.3 Å². The first kappa shape index (κ1) is 25.5. The largest absolute Gasteiger partial charge is 0.446 e. The van der Waals surface area contributed by atoms with Crippen molar-refractivity contribution in [3.8, 4) is 0 Å². The molecule has 1 amide bonds. The number of fused-ring (bicyclic) bond motifs is 1. The van der Waals surface area contributed by atoms with Crippen molar-refractivity contribution in [1.29, 1.82) is 0 Å². The Morgan fingerprint density at radius 2 is 1.76 bits per heavy atom. The number of carbonyl (C=O) groups excluding carboxylic acids is 1. The van der Waals surface area contributed by atoms with Gasteiger partial charge in [-0.3, -0.25) is 9.36 Å². The summed E-state index contributed by atoms with van der Waals surface area (Å²) in [5, 5.41) is 0. The molecule has 1 atom stereocenters. The molecule has 1 aromatic carbocycles. The van der Waals surface area contributed by atoms with Crippen LogP contribution in [-0.2, 0) is 17.7 Å². The van der Waals surface area contributed by atoms with E-state index < -0.39 is 24.3 Å². The molecule has 2 aromatic rings. The maximum atomic E-state index is 13.6. The number of nitrogen functional groups attached to an aromatic ring is 1. The summed E-state index contributed by atoms with van der Waals surface area (Å²) >= 11 is 0. The van der Waals surface area contributed by atoms with Gasteiger partial charge in [0.15, 0.2) is 0 Å². The van der Waals surface area contributed by atoms with Gasteiger partial charge in [0.05, 0.1) is 24.2 Å². The van der Waals surface area contributed by atoms with Gasteiger partial charge < -0.3 is 15.4 Å². The number of nitrogens with two attached hydrogens (primary N) is 1. The molecule has 0 spiro atoms. The summed E-state index contributed by atoms with van der Waals surface area (Å²) in [5.41, 5.74) is 7.71. The predicted molar refractivity (Wildman–Crippen MR) is 127 cm³/mol. The number of halogens is 4. The number of hydrogen-bond acceptors (Lipinski definition) is 5. The maximum absolute atomic E-state index is 13.6. The summed E-state index contributed by atoms with van der Waals surface area (Å²) < 4.78 is 59.3. The zero-order valence-electron chi connectivity index (χ0n) is 20.3. The third kappa shape index (κ3) is 5.17. The molecule has 37 heavy (non-hydrogen) atoms. The summed E-state index contributed by atoms with van der Waals surface area (Å²) in [6, 6.07) is 5.72. The summed E-state index contributed by atoms with van der Waals surface area (Å²) in [5.74, 6) is -1.49. The van der Waals surface area contributed by atoms with Crippen LogP contribution in [0.15, 0.2) is 29.1 Å². The second-order valence-corrected chi connectivity index (χ2v) is 10.3. The van der Waals surface area contributed by atoms with Crippen LogP contribution >= 0.6 is 0 Å². The van der Waals surface area contributed by atoms with Crippen LogP contribution in [0, 0.1) is 17.7 Å². The lowest BCUT2D eigenvalue weighted by atomic mass is 9.77. The molecule has 2 N–H and O–H groups in total. The average molecular weight is 523 g/mol. The Labute approximate surface area is 211 Å². The number of alkyl halides is 3. The van der Waals surface area contributed by atoms with Gasteiger partial charge in [-0.15, -0.1) is 0 Å². The van der Waals surface area contributed by atoms with Gasteiger partial charge >= 0.3 is 12.3 Å². The average Bonchev–Trinajstić information content (AvgIpc) is 2.82. The molecule has 2 heterocycles. The Morgan fingerprint density at radius 1 is 1.08 bits per heavy atom. The maximum Gasteiger partial charge on any atom is 0.410 e. The number of hydrogen-bond donors (Lipinski definition) is 1. The van der Waals surface area contributed by atoms with Gasteiger partial charge in [0.2, 0.25) is 5.95 Å². The fourth-order valence-corrected chi connectivity index (χ4v) is 5.72. The summed E-state index contributed by atoms with van der Waals surface area (Å²) in [4.78, 5) is 32.3. The standard InChI is InChI=1S/C26H30F4N4O3/c27-18-8-4-16(5-9-18)22(15-2-1-3-15)34-23(35)20-12-13-33(14-21(20)32-24(34)31)25(36)37-19-10-6-17(7-11-19)26(28,29)30/h4-5,8-9,15,17,19,22H,1-3,6-7,10-14H2,(H2,31,32). The fourth-order valence-electron chi connectivity index (χ4n) is 5.72. The van der Waals surface area contributed by atoms with Crippen molar-refractivity contribution in [2.24, 2.45) is 11.8 Å². The van der Waals surface area contributed by atoms with E-state index in [0.29, 0.717) is 11.3 Å². The van der Waals surface area contributed by atoms with E-state index in [-0.39, 0.29) is 74.5 Å². The van der Waals surface area contributed by atoms with Crippen LogP contribution in [0.1, 0.15) is 67.8 Å². The number of ether oxygens (including phenoxy) is 1. The monoisotopic (exact) mass is 522 g/mol. The zero-order chi connectivity index (χ0) is 26.3. The van der Waals surface area contributed by atoms with Crippen molar-refractivity contribution in [2.75, 3.05) is 12.3 Å². The van der Waals surface area contributed by atoms with E-state index >= 15 is 0 Å². The summed E-state index contributed by atoms with van der Waals surface area (Å²) in [6.07, 6.45) is -2.02. The summed E-state index contributed by atoms with van der Waals surface area (Å²) in [6.45, 7) is 0.270. The lowest BCUT2D eigenvalue weighted by Crippen LogP contribution is -2.44. The van der Waals surface area contributed by atoms with Crippen LogP contribution in [0.25, 0.3) is 0 Å². The van der Waals surface area contributed by atoms with E-state index in [2.05, 4.69) is 4.98 Å². The number of aromatic nitrogens is 2. The number of nitrogens with zero attached hydrogens (tertiary/aromatic N) is 3. The lowest BCUT2D eigenvalue weighted by Gasteiger charge is -2.37. The minimum Gasteiger partial charge on any atom is -0.446 e. The van der Waals surface area contributed by atoms with Crippen molar-refractivity contribution in [3.05, 3.63) is 57.3 Å². The van der Waals surface area contributed by atoms with Crippen molar-refractivity contribution < 1.29 is 27.1 Å². The number of anilines is 1. The number of benzene rings is 1. The van der Waals surface area contributed by atoms with Gasteiger partial charge in [0.25, 0.3) is 5.56 Å². The quantitative estimate of drug-likeness (QED) is 0.573. The van der Waals surface area contributed by atoms with E-state index in [4.69, 9.17) is 10.5 Å². The Balaban J connectivity index is 1.32. The zero-order valence-corrected chi connectivity index (χ0v) is 20.3. The van der Waals surface area contributed by atoms with Gasteiger partial charge in [-0.05, 0) is 68.6 Å². The highest BCUT2D eigenvalue weighted by molar-refractivity contribution is 5.68. The molecule has 11 heteroatoms. The molecule has 200 valence electrons. The van der Waals surface area contributed by atoms with Gasteiger partial charge in [-0.25, -0.2) is 14.2 Å². The highest BCUT2D eigenvalue weighted by atomic mass is 19.4. The Morgan fingerprint density at radius 3 is 2.35 bits per heavy atom. The van der Waals surface area contributed by atoms with Crippen molar-refractivity contribution in [1.82, 2.24) is 14.5 Å². The van der Waals surface area contributed by atoms with Gasteiger partial charge in [-0.1, -0.05) is 18.6 Å². The van der Waals surface area contributed by atoms with E-state index in [1.807, 2.05) is 0 Å². The minimum atomic E-state index is -4.22. The molecule has 5 rings (SSSR count). The molecule has 0 bridgehead atoms. The number of amides is 1. The fraction of sp³-hybridized carbons (Fsp3) is 0.577. The van der Waals surface area contributed by atoms with Crippen molar-refractivity contribution in [2.45, 2.75) is 76.2 Å². The first-order chi connectivity index (χ1) is 17.6. The molecule has 2 saturated carbocycles. The van der Waals surface area contributed by atoms with Crippen molar-refractivity contribution in [3.63, 3.8) is 0 Å². The molecule has 1 unspecified atom stereocenters. The molecule has 7 nitrogen and oxygen atoms in total. The predicted octanol–water partition coefficient (Wildman–Crippen LogP) is 4.97. The molecule has 2 aliphatic carbocycles. The highest BCUT2D eigenvalue weighted by Crippen LogP contribution is 2.41. The van der Waals surface area contributed by atoms with Gasteiger partial charge in [-0.2, -0.15) is 13.2 Å². The van der Waals surface area contributed by atoms with E-state index in [0.717, 1.165) is 24.8 Å². The topological polar surface area (TPSA) is 90.5 Å². The van der Waals surface area contributed by atoms with E-state index in [1.54, 1.807) is 12.1 Å². The summed E-state index contributed by atoms with van der Waals surface area (Å²) in [7, 11) is 0. The third-order valence-corrected chi connectivity index (χ3v) is 8.04. The van der Waals surface area contributed by atoms with Gasteiger partial charge in [0.1, 0.15) is 11.9 Å². The van der Waals surface area contributed by atoms with Crippen LogP contribution in [-0.4, -0.2) is 39.4 Å². The Hall–Kier alpha value is -3.11. The first-order valence-corrected chi connectivity index (χ1v) is 12.8. The van der Waals surface area contributed by atoms with Crippen LogP contribution in [0.3, 0.4) is 0 Å². The molecule has 1 aromatic heterocycles. The first-order valence-electron chi connectivity index (χ1n) is 12.8. The molecule has 1 aliphatic heterocycles. The van der Waals surface area contributed by atoms with E-state index in [1.165, 1.54) is 21.6 Å². The van der Waals surface area contributed by atoms with Crippen LogP contribution in [0.5, 0.6) is 0 Å². The van der Waals surface area contributed by atoms with Crippen LogP contribution in [0.2, 0.25) is 0 Å². The van der Waals surface area contributed by atoms with Crippen molar-refractivity contribution >= 4 is 12.0 Å².